The number of carboxylic acids is 1. The molecule has 14 heteroatoms. The van der Waals surface area contributed by atoms with Crippen LogP contribution in [0.15, 0.2) is 60.7 Å². The summed E-state index contributed by atoms with van der Waals surface area (Å²) in [6.07, 6.45) is -0.308. The van der Waals surface area contributed by atoms with Gasteiger partial charge in [-0.05, 0) is 41.5 Å². The van der Waals surface area contributed by atoms with E-state index < -0.39 is 60.7 Å². The molecule has 2 atom stereocenters. The molecule has 2 heterocycles. The molecule has 0 saturated carbocycles. The monoisotopic (exact) mass is 609 g/mol. The van der Waals surface area contributed by atoms with Crippen molar-refractivity contribution in [1.29, 1.82) is 0 Å². The Morgan fingerprint density at radius 1 is 0.738 bits per heavy atom. The first-order valence-corrected chi connectivity index (χ1v) is 14.4. The number of aliphatic carboxylic acids is 1. The fourth-order valence-corrected chi connectivity index (χ4v) is 5.95. The average molecular weight is 610 g/mol. The lowest BCUT2D eigenvalue weighted by Crippen LogP contribution is -2.55. The molecule has 218 valence electrons. The molecule has 0 aliphatic rings. The number of hydrogen-bond donors (Lipinski definition) is 6. The number of thiophene rings is 2. The number of hydrogen-bond acceptors (Lipinski definition) is 8. The van der Waals surface area contributed by atoms with Gasteiger partial charge in [0.1, 0.15) is 18.6 Å². The lowest BCUT2D eigenvalue weighted by atomic mass is 10.1. The largest absolute Gasteiger partial charge is 0.480 e. The number of carbonyl (C=O) groups is 6. The van der Waals surface area contributed by atoms with Crippen LogP contribution in [-0.2, 0) is 19.2 Å². The minimum absolute atomic E-state index is 0.109. The molecular weight excluding hydrogens is 582 g/mol. The zero-order valence-electron chi connectivity index (χ0n) is 22.0. The van der Waals surface area contributed by atoms with Crippen molar-refractivity contribution in [3.05, 3.63) is 70.4 Å². The van der Waals surface area contributed by atoms with Gasteiger partial charge >= 0.3 is 5.97 Å². The van der Waals surface area contributed by atoms with Gasteiger partial charge in [-0.3, -0.25) is 28.8 Å². The molecule has 4 aromatic rings. The molecule has 0 radical (unpaired) electrons. The molecule has 42 heavy (non-hydrogen) atoms. The summed E-state index contributed by atoms with van der Waals surface area (Å²) in [7, 11) is 0. The molecule has 2 aromatic heterocycles. The maximum Gasteiger partial charge on any atom is 0.322 e. The minimum Gasteiger partial charge on any atom is -0.480 e. The Balaban J connectivity index is 1.46. The predicted molar refractivity (Wildman–Crippen MR) is 158 cm³/mol. The Bertz CT molecular complexity index is 1600. The molecule has 2 unspecified atom stereocenters. The van der Waals surface area contributed by atoms with Crippen LogP contribution in [0.1, 0.15) is 32.2 Å². The Labute approximate surface area is 247 Å². The lowest BCUT2D eigenvalue weighted by Gasteiger charge is -2.21. The van der Waals surface area contributed by atoms with E-state index in [1.165, 1.54) is 22.7 Å². The minimum atomic E-state index is -1.35. The van der Waals surface area contributed by atoms with Crippen molar-refractivity contribution >= 4 is 78.4 Å². The van der Waals surface area contributed by atoms with Gasteiger partial charge in [-0.25, -0.2) is 0 Å². The third-order valence-electron chi connectivity index (χ3n) is 6.12. The molecule has 0 aliphatic carbocycles. The van der Waals surface area contributed by atoms with Crippen LogP contribution in [0.4, 0.5) is 0 Å². The second-order valence-electron chi connectivity index (χ2n) is 9.21. The summed E-state index contributed by atoms with van der Waals surface area (Å²) in [5.41, 5.74) is 5.26. The van der Waals surface area contributed by atoms with Gasteiger partial charge in [0.15, 0.2) is 0 Å². The number of benzene rings is 2. The number of amides is 5. The number of fused-ring (bicyclic) bond motifs is 2. The third-order valence-corrected chi connectivity index (χ3v) is 8.35. The maximum absolute atomic E-state index is 13.2. The first-order chi connectivity index (χ1) is 20.1. The summed E-state index contributed by atoms with van der Waals surface area (Å²) in [5.74, 6) is -4.66. The van der Waals surface area contributed by atoms with Crippen LogP contribution in [0.2, 0.25) is 0 Å². The molecular formula is C28H27N5O7S2. The summed E-state index contributed by atoms with van der Waals surface area (Å²) in [6.45, 7) is -1.12. The number of carbonyl (C=O) groups excluding carboxylic acids is 5. The van der Waals surface area contributed by atoms with Gasteiger partial charge in [0.2, 0.25) is 17.7 Å². The van der Waals surface area contributed by atoms with Gasteiger partial charge < -0.3 is 32.1 Å². The zero-order chi connectivity index (χ0) is 30.2. The van der Waals surface area contributed by atoms with Crippen molar-refractivity contribution < 1.29 is 33.9 Å². The van der Waals surface area contributed by atoms with E-state index in [-0.39, 0.29) is 12.8 Å². The highest BCUT2D eigenvalue weighted by atomic mass is 32.1. The molecule has 7 N–H and O–H groups in total. The van der Waals surface area contributed by atoms with Crippen LogP contribution in [-0.4, -0.2) is 65.8 Å². The smallest absolute Gasteiger partial charge is 0.322 e. The molecule has 0 saturated heterocycles. The van der Waals surface area contributed by atoms with Crippen molar-refractivity contribution in [2.45, 2.75) is 24.9 Å². The zero-order valence-corrected chi connectivity index (χ0v) is 23.7. The fraction of sp³-hybridized carbons (Fsp3) is 0.214. The summed E-state index contributed by atoms with van der Waals surface area (Å²) in [4.78, 5) is 75.0. The Kier molecular flexibility index (Phi) is 9.83. The van der Waals surface area contributed by atoms with Crippen LogP contribution in [0.5, 0.6) is 0 Å². The summed E-state index contributed by atoms with van der Waals surface area (Å²) >= 11 is 2.44. The van der Waals surface area contributed by atoms with Crippen LogP contribution < -0.4 is 27.0 Å². The van der Waals surface area contributed by atoms with E-state index in [4.69, 9.17) is 10.8 Å². The number of nitrogens with two attached hydrogens (primary N) is 1. The first-order valence-electron chi connectivity index (χ1n) is 12.7. The van der Waals surface area contributed by atoms with Gasteiger partial charge in [0.25, 0.3) is 11.8 Å². The molecule has 0 aliphatic heterocycles. The second-order valence-corrected chi connectivity index (χ2v) is 11.4. The first kappa shape index (κ1) is 30.1. The van der Waals surface area contributed by atoms with E-state index in [2.05, 4.69) is 21.3 Å². The Morgan fingerprint density at radius 2 is 1.24 bits per heavy atom. The van der Waals surface area contributed by atoms with Gasteiger partial charge in [-0.1, -0.05) is 36.4 Å². The summed E-state index contributed by atoms with van der Waals surface area (Å²) in [5, 5.41) is 20.5. The van der Waals surface area contributed by atoms with Gasteiger partial charge in [0.05, 0.1) is 9.75 Å². The van der Waals surface area contributed by atoms with Gasteiger partial charge in [-0.2, -0.15) is 0 Å². The maximum atomic E-state index is 13.2. The molecule has 0 bridgehead atoms. The highest BCUT2D eigenvalue weighted by Gasteiger charge is 2.27. The van der Waals surface area contributed by atoms with Crippen LogP contribution >= 0.6 is 22.7 Å². The fourth-order valence-electron chi connectivity index (χ4n) is 4.02. The van der Waals surface area contributed by atoms with E-state index in [1.54, 1.807) is 12.1 Å². The van der Waals surface area contributed by atoms with E-state index in [0.29, 0.717) is 9.75 Å². The van der Waals surface area contributed by atoms with Gasteiger partial charge in [0, 0.05) is 22.4 Å². The van der Waals surface area contributed by atoms with Crippen molar-refractivity contribution in [2.24, 2.45) is 5.73 Å². The molecule has 12 nitrogen and oxygen atoms in total. The van der Waals surface area contributed by atoms with Crippen LogP contribution in [0.25, 0.3) is 20.2 Å². The SMILES string of the molecule is NC(=O)CCC(NC(=O)c1cc2ccccc2s1)C(=O)NCC(NC(=O)c1cc2ccccc2s1)C(=O)NCC(=O)O. The second kappa shape index (κ2) is 13.7. The summed E-state index contributed by atoms with van der Waals surface area (Å²) in [6, 6.07) is 15.5. The predicted octanol–water partition coefficient (Wildman–Crippen LogP) is 1.60. The highest BCUT2D eigenvalue weighted by Crippen LogP contribution is 2.26. The Morgan fingerprint density at radius 3 is 1.74 bits per heavy atom. The van der Waals surface area contributed by atoms with Crippen molar-refractivity contribution in [3.8, 4) is 0 Å². The van der Waals surface area contributed by atoms with E-state index in [1.807, 2.05) is 48.5 Å². The lowest BCUT2D eigenvalue weighted by molar-refractivity contribution is -0.138. The molecule has 2 aromatic carbocycles. The Hall–Kier alpha value is -4.82. The van der Waals surface area contributed by atoms with Crippen LogP contribution in [0.3, 0.4) is 0 Å². The number of carboxylic acid groups (broad SMARTS) is 1. The number of primary amides is 1. The van der Waals surface area contributed by atoms with E-state index in [9.17, 15) is 28.8 Å². The van der Waals surface area contributed by atoms with Gasteiger partial charge in [-0.15, -0.1) is 22.7 Å². The molecule has 0 fully saturated rings. The highest BCUT2D eigenvalue weighted by molar-refractivity contribution is 7.21. The normalized spacial score (nSPS) is 12.3. The van der Waals surface area contributed by atoms with Crippen molar-refractivity contribution in [1.82, 2.24) is 21.3 Å². The van der Waals surface area contributed by atoms with Crippen molar-refractivity contribution in [3.63, 3.8) is 0 Å². The summed E-state index contributed by atoms with van der Waals surface area (Å²) < 4.78 is 1.74. The molecule has 4 rings (SSSR count). The number of rotatable bonds is 13. The molecule has 0 spiro atoms. The average Bonchev–Trinajstić information content (AvgIpc) is 3.60. The standard InChI is InChI=1S/C28H27N5O7S2/c29-23(34)10-9-17(32-27(39)21-11-15-5-1-3-7-19(15)41-21)25(37)30-13-18(26(38)31-14-24(35)36)33-28(40)22-12-16-6-2-4-8-20(16)42-22/h1-8,11-12,17-18H,9-10,13-14H2,(H2,29,34)(H,30,37)(H,31,38)(H,32,39)(H,33,40)(H,35,36). The van der Waals surface area contributed by atoms with Crippen LogP contribution in [0, 0.1) is 0 Å². The third kappa shape index (κ3) is 7.89. The molecule has 5 amide bonds. The van der Waals surface area contributed by atoms with E-state index in [0.717, 1.165) is 20.2 Å². The topological polar surface area (TPSA) is 197 Å². The quantitative estimate of drug-likeness (QED) is 0.132. The van der Waals surface area contributed by atoms with Crippen molar-refractivity contribution in [2.75, 3.05) is 13.1 Å². The van der Waals surface area contributed by atoms with E-state index >= 15 is 0 Å². The number of nitrogens with one attached hydrogen (secondary N) is 4.